The van der Waals surface area contributed by atoms with Gasteiger partial charge in [0.1, 0.15) is 13.2 Å². The summed E-state index contributed by atoms with van der Waals surface area (Å²) in [6, 6.07) is 0. The van der Waals surface area contributed by atoms with Crippen molar-refractivity contribution < 1.29 is 28.6 Å². The average molecular weight is 1120 g/mol. The van der Waals surface area contributed by atoms with E-state index in [1.165, 1.54) is 161 Å². The van der Waals surface area contributed by atoms with E-state index >= 15 is 0 Å². The van der Waals surface area contributed by atoms with E-state index in [-0.39, 0.29) is 37.5 Å². The standard InChI is InChI=1S/C75H126O6/c1-4-7-10-13-16-19-22-25-28-31-33-34-35-36-37-38-39-40-42-44-47-50-53-56-59-62-65-68-74(77)80-71-72(70-79-73(76)67-64-61-58-55-52-49-46-43-30-27-24-21-18-15-12-9-6-3)81-75(78)69-66-63-60-57-54-51-48-45-41-32-29-26-23-20-17-14-11-8-5-2/h7,9-10,12,16,18-19,21,25,27-28,30,33-34,36-37,46,49,55,58,72H,4-6,8,11,13-15,17,20,22-24,26,29,31-32,35,38-45,47-48,50-54,56-57,59-71H2,1-3H3/b10-7-,12-9-,19-16-,21-18-,28-25-,30-27-,34-33-,37-36-,49-46-,58-55-. The van der Waals surface area contributed by atoms with E-state index < -0.39 is 6.10 Å². The van der Waals surface area contributed by atoms with Crippen LogP contribution >= 0.6 is 0 Å². The van der Waals surface area contributed by atoms with Gasteiger partial charge in [-0.1, -0.05) is 316 Å². The zero-order valence-corrected chi connectivity index (χ0v) is 53.0. The van der Waals surface area contributed by atoms with E-state index in [1.807, 2.05) is 0 Å². The second kappa shape index (κ2) is 68.3. The fourth-order valence-corrected chi connectivity index (χ4v) is 9.45. The van der Waals surface area contributed by atoms with Crippen LogP contribution in [0, 0.1) is 0 Å². The molecule has 0 heterocycles. The Morgan fingerprint density at radius 3 is 0.802 bits per heavy atom. The lowest BCUT2D eigenvalue weighted by Crippen LogP contribution is -2.30. The van der Waals surface area contributed by atoms with Crippen LogP contribution in [0.5, 0.6) is 0 Å². The molecule has 0 bridgehead atoms. The van der Waals surface area contributed by atoms with Crippen molar-refractivity contribution in [2.75, 3.05) is 13.2 Å². The smallest absolute Gasteiger partial charge is 0.306 e. The van der Waals surface area contributed by atoms with Gasteiger partial charge in [-0.3, -0.25) is 14.4 Å². The zero-order chi connectivity index (χ0) is 58.5. The number of carbonyl (C=O) groups is 3. The summed E-state index contributed by atoms with van der Waals surface area (Å²) in [4.78, 5) is 38.4. The fraction of sp³-hybridized carbons (Fsp3) is 0.693. The van der Waals surface area contributed by atoms with E-state index in [0.29, 0.717) is 19.3 Å². The second-order valence-electron chi connectivity index (χ2n) is 22.3. The number of hydrogen-bond donors (Lipinski definition) is 0. The predicted octanol–water partition coefficient (Wildman–Crippen LogP) is 23.6. The number of unbranched alkanes of at least 4 members (excludes halogenated alkanes) is 30. The van der Waals surface area contributed by atoms with E-state index in [0.717, 1.165) is 109 Å². The Bertz CT molecular complexity index is 1670. The van der Waals surface area contributed by atoms with E-state index in [9.17, 15) is 14.4 Å². The molecule has 462 valence electrons. The van der Waals surface area contributed by atoms with Gasteiger partial charge in [-0.25, -0.2) is 0 Å². The van der Waals surface area contributed by atoms with Crippen LogP contribution in [-0.4, -0.2) is 37.2 Å². The summed E-state index contributed by atoms with van der Waals surface area (Å²) in [7, 11) is 0. The molecule has 0 aromatic heterocycles. The Hall–Kier alpha value is -4.19. The lowest BCUT2D eigenvalue weighted by molar-refractivity contribution is -0.167. The third-order valence-electron chi connectivity index (χ3n) is 14.5. The van der Waals surface area contributed by atoms with Crippen molar-refractivity contribution in [3.8, 4) is 0 Å². The molecule has 0 N–H and O–H groups in total. The summed E-state index contributed by atoms with van der Waals surface area (Å²) in [5.41, 5.74) is 0. The van der Waals surface area contributed by atoms with Gasteiger partial charge in [0.15, 0.2) is 6.10 Å². The molecule has 0 spiro atoms. The number of hydrogen-bond acceptors (Lipinski definition) is 6. The highest BCUT2D eigenvalue weighted by Gasteiger charge is 2.19. The molecule has 0 aromatic rings. The quantitative estimate of drug-likeness (QED) is 0.0261. The highest BCUT2D eigenvalue weighted by Crippen LogP contribution is 2.17. The number of carbonyl (C=O) groups excluding carboxylic acids is 3. The molecule has 1 atom stereocenters. The van der Waals surface area contributed by atoms with Crippen molar-refractivity contribution in [1.29, 1.82) is 0 Å². The molecular weight excluding hydrogens is 997 g/mol. The van der Waals surface area contributed by atoms with Gasteiger partial charge < -0.3 is 14.2 Å². The minimum absolute atomic E-state index is 0.0968. The molecule has 0 aliphatic heterocycles. The lowest BCUT2D eigenvalue weighted by atomic mass is 10.0. The van der Waals surface area contributed by atoms with Crippen molar-refractivity contribution in [1.82, 2.24) is 0 Å². The molecule has 81 heavy (non-hydrogen) atoms. The van der Waals surface area contributed by atoms with Crippen molar-refractivity contribution in [3.05, 3.63) is 122 Å². The first-order valence-corrected chi connectivity index (χ1v) is 34.0. The Kier molecular flexibility index (Phi) is 64.8. The van der Waals surface area contributed by atoms with Crippen LogP contribution in [0.1, 0.15) is 316 Å². The topological polar surface area (TPSA) is 78.9 Å². The molecule has 0 radical (unpaired) electrons. The fourth-order valence-electron chi connectivity index (χ4n) is 9.45. The molecule has 0 saturated heterocycles. The van der Waals surface area contributed by atoms with Crippen LogP contribution in [-0.2, 0) is 28.6 Å². The zero-order valence-electron chi connectivity index (χ0n) is 53.0. The molecule has 6 nitrogen and oxygen atoms in total. The Morgan fingerprint density at radius 2 is 0.494 bits per heavy atom. The largest absolute Gasteiger partial charge is 0.462 e. The van der Waals surface area contributed by atoms with Gasteiger partial charge in [-0.05, 0) is 103 Å². The van der Waals surface area contributed by atoms with Gasteiger partial charge in [0, 0.05) is 19.3 Å². The molecule has 6 heteroatoms. The van der Waals surface area contributed by atoms with Gasteiger partial charge in [0.05, 0.1) is 0 Å². The highest BCUT2D eigenvalue weighted by atomic mass is 16.6. The maximum Gasteiger partial charge on any atom is 0.306 e. The highest BCUT2D eigenvalue weighted by molar-refractivity contribution is 5.71. The van der Waals surface area contributed by atoms with Gasteiger partial charge >= 0.3 is 17.9 Å². The number of rotatable bonds is 61. The lowest BCUT2D eigenvalue weighted by Gasteiger charge is -2.18. The molecule has 0 amide bonds. The normalized spacial score (nSPS) is 12.9. The third-order valence-corrected chi connectivity index (χ3v) is 14.5. The summed E-state index contributed by atoms with van der Waals surface area (Å²) < 4.78 is 16.9. The first kappa shape index (κ1) is 76.8. The summed E-state index contributed by atoms with van der Waals surface area (Å²) in [6.07, 6.45) is 95.1. The number of esters is 3. The third kappa shape index (κ3) is 66.5. The van der Waals surface area contributed by atoms with Gasteiger partial charge in [-0.2, -0.15) is 0 Å². The van der Waals surface area contributed by atoms with Crippen molar-refractivity contribution >= 4 is 17.9 Å². The number of ether oxygens (including phenoxy) is 3. The van der Waals surface area contributed by atoms with Crippen LogP contribution in [0.25, 0.3) is 0 Å². The first-order chi connectivity index (χ1) is 40.0. The second-order valence-corrected chi connectivity index (χ2v) is 22.3. The van der Waals surface area contributed by atoms with Crippen molar-refractivity contribution in [3.63, 3.8) is 0 Å². The van der Waals surface area contributed by atoms with Gasteiger partial charge in [0.2, 0.25) is 0 Å². The van der Waals surface area contributed by atoms with Crippen LogP contribution in [0.15, 0.2) is 122 Å². The maximum absolute atomic E-state index is 12.9. The average Bonchev–Trinajstić information content (AvgIpc) is 3.47. The summed E-state index contributed by atoms with van der Waals surface area (Å²) in [5, 5.41) is 0. The summed E-state index contributed by atoms with van der Waals surface area (Å²) >= 11 is 0. The van der Waals surface area contributed by atoms with Crippen LogP contribution in [0.3, 0.4) is 0 Å². The maximum atomic E-state index is 12.9. The molecule has 0 saturated carbocycles. The molecule has 0 aliphatic carbocycles. The molecule has 0 rings (SSSR count). The summed E-state index contributed by atoms with van der Waals surface area (Å²) in [5.74, 6) is -0.948. The van der Waals surface area contributed by atoms with E-state index in [2.05, 4.69) is 142 Å². The molecular formula is C75H126O6. The van der Waals surface area contributed by atoms with Crippen LogP contribution < -0.4 is 0 Å². The van der Waals surface area contributed by atoms with E-state index in [4.69, 9.17) is 14.2 Å². The molecule has 0 aliphatic rings. The number of allylic oxidation sites excluding steroid dienone is 20. The van der Waals surface area contributed by atoms with Crippen LogP contribution in [0.2, 0.25) is 0 Å². The minimum atomic E-state index is -0.805. The Morgan fingerprint density at radius 1 is 0.259 bits per heavy atom. The van der Waals surface area contributed by atoms with Crippen molar-refractivity contribution in [2.24, 2.45) is 0 Å². The molecule has 1 unspecified atom stereocenters. The van der Waals surface area contributed by atoms with Gasteiger partial charge in [0.25, 0.3) is 0 Å². The molecule has 0 aromatic carbocycles. The summed E-state index contributed by atoms with van der Waals surface area (Å²) in [6.45, 7) is 6.40. The minimum Gasteiger partial charge on any atom is -0.462 e. The van der Waals surface area contributed by atoms with Crippen molar-refractivity contribution in [2.45, 2.75) is 322 Å². The Balaban J connectivity index is 4.39. The predicted molar refractivity (Wildman–Crippen MR) is 353 cm³/mol. The molecule has 0 fully saturated rings. The Labute approximate surface area is 501 Å². The first-order valence-electron chi connectivity index (χ1n) is 34.0. The SMILES string of the molecule is CC/C=C\C/C=C\C/C=C\C/C=C\C/C=C\CCCCCCCCCCCCCC(=O)OCC(COC(=O)CCC/C=C\C/C=C\C/C=C\C/C=C\C/C=C\CC)OC(=O)CCCCCCCCCCCCCCCCCCCCC. The van der Waals surface area contributed by atoms with Crippen LogP contribution in [0.4, 0.5) is 0 Å². The monoisotopic (exact) mass is 1120 g/mol. The van der Waals surface area contributed by atoms with E-state index in [1.54, 1.807) is 0 Å². The van der Waals surface area contributed by atoms with Gasteiger partial charge in [-0.15, -0.1) is 0 Å².